The maximum Gasteiger partial charge on any atom is 0.366 e. The molecule has 0 radical (unpaired) electrons. The summed E-state index contributed by atoms with van der Waals surface area (Å²) in [4.78, 5) is 80.7. The van der Waals surface area contributed by atoms with Crippen LogP contribution in [0.4, 0.5) is 0 Å². The van der Waals surface area contributed by atoms with Gasteiger partial charge in [0.1, 0.15) is 67.6 Å². The van der Waals surface area contributed by atoms with Gasteiger partial charge in [0.05, 0.1) is 72.4 Å². The molecular formula is C74H85NO23. The van der Waals surface area contributed by atoms with Crippen LogP contribution in [0.2, 0.25) is 0 Å². The van der Waals surface area contributed by atoms with Crippen molar-refractivity contribution in [2.75, 3.05) is 26.9 Å². The van der Waals surface area contributed by atoms with Gasteiger partial charge >= 0.3 is 29.8 Å². The quantitative estimate of drug-likeness (QED) is 0.0298. The number of carbonyl (C=O) groups excluding carboxylic acids is 6. The van der Waals surface area contributed by atoms with E-state index in [-0.39, 0.29) is 52.9 Å². The largest absolute Gasteiger partial charge is 0.465 e. The molecule has 98 heavy (non-hydrogen) atoms. The molecule has 24 nitrogen and oxygen atoms in total. The minimum atomic E-state index is -2.91. The fourth-order valence-corrected chi connectivity index (χ4v) is 11.8. The molecule has 3 aliphatic rings. The normalized spacial score (nSPS) is 25.9. The third-order valence-corrected chi connectivity index (χ3v) is 16.2. The molecule has 524 valence electrons. The molecule has 1 amide bonds. The molecule has 3 heterocycles. The molecule has 0 saturated carbocycles. The van der Waals surface area contributed by atoms with E-state index in [1.165, 1.54) is 0 Å². The van der Waals surface area contributed by atoms with Crippen molar-refractivity contribution in [3.63, 3.8) is 0 Å². The van der Waals surface area contributed by atoms with Crippen molar-refractivity contribution in [2.45, 2.75) is 178 Å². The standard InChI is InChI=1S/C74H85NO23/c1-47(76)75-62-58(91-49(3)78)37-74(73(82)83-6,97-66(62)64(93-51(5)80)61(92-50(4)79)46-86-48(2)77)98-67-63(81)59(44-84-38-52-25-13-7-14-26-52)94-72(69(67)88-41-55-31-19-10-20-32-55)96-65-60(45-85-39-53-27-15-8-16-28-53)95-71(90-43-57-35-23-12-24-36-57)70(89-42-56-33-21-11-22-34-56)68(65)87-40-54-29-17-9-18-30-54/h7-36,58-72,81H,37-46H2,1-6H3,(H,75,76)/t58-,59+,60+,61+,62+,63-,64+,65+,66+,67-,68-,69+,70+,71+,72-,74?/m0/s1. The van der Waals surface area contributed by atoms with E-state index in [0.29, 0.717) is 5.56 Å². The van der Waals surface area contributed by atoms with Gasteiger partial charge in [-0.2, -0.15) is 0 Å². The number of aliphatic hydroxyl groups excluding tert-OH is 1. The number of rotatable bonds is 33. The summed E-state index contributed by atoms with van der Waals surface area (Å²) < 4.78 is 105. The second-order valence-electron chi connectivity index (χ2n) is 23.8. The second kappa shape index (κ2) is 37.0. The van der Waals surface area contributed by atoms with Crippen LogP contribution in [0.3, 0.4) is 0 Å². The van der Waals surface area contributed by atoms with Crippen LogP contribution in [0, 0.1) is 0 Å². The minimum absolute atomic E-state index is 0.0100. The number of nitrogens with one attached hydrogen (secondary N) is 1. The topological polar surface area (TPSA) is 282 Å². The van der Waals surface area contributed by atoms with Crippen molar-refractivity contribution in [3.8, 4) is 0 Å². The van der Waals surface area contributed by atoms with E-state index in [1.807, 2.05) is 158 Å². The summed E-state index contributed by atoms with van der Waals surface area (Å²) in [5.74, 6) is -8.66. The molecule has 0 spiro atoms. The molecule has 6 aromatic carbocycles. The van der Waals surface area contributed by atoms with E-state index in [2.05, 4.69) is 5.32 Å². The lowest BCUT2D eigenvalue weighted by molar-refractivity contribution is -0.395. The van der Waals surface area contributed by atoms with Crippen LogP contribution in [0.5, 0.6) is 0 Å². The number of hydrogen-bond donors (Lipinski definition) is 2. The van der Waals surface area contributed by atoms with Crippen molar-refractivity contribution in [1.82, 2.24) is 5.32 Å². The molecule has 3 fully saturated rings. The first-order valence-corrected chi connectivity index (χ1v) is 32.3. The molecule has 3 aliphatic heterocycles. The number of amides is 1. The highest BCUT2D eigenvalue weighted by Crippen LogP contribution is 2.42. The zero-order valence-electron chi connectivity index (χ0n) is 55.5. The maximum absolute atomic E-state index is 15.3. The van der Waals surface area contributed by atoms with Gasteiger partial charge in [0, 0.05) is 34.6 Å². The van der Waals surface area contributed by atoms with Crippen molar-refractivity contribution in [3.05, 3.63) is 215 Å². The van der Waals surface area contributed by atoms with Gasteiger partial charge in [-0.3, -0.25) is 24.0 Å². The zero-order valence-corrected chi connectivity index (χ0v) is 55.5. The Morgan fingerprint density at radius 1 is 0.500 bits per heavy atom. The van der Waals surface area contributed by atoms with Crippen LogP contribution in [0.25, 0.3) is 0 Å². The number of methoxy groups -OCH3 is 1. The summed E-state index contributed by atoms with van der Waals surface area (Å²) in [6.07, 6.45) is -22.5. The Bertz CT molecular complexity index is 3430. The smallest absolute Gasteiger partial charge is 0.366 e. The predicted octanol–water partition coefficient (Wildman–Crippen LogP) is 7.50. The van der Waals surface area contributed by atoms with Gasteiger partial charge in [-0.25, -0.2) is 4.79 Å². The Labute approximate surface area is 569 Å². The molecule has 0 aromatic heterocycles. The summed E-state index contributed by atoms with van der Waals surface area (Å²) in [7, 11) is 1.01. The third-order valence-electron chi connectivity index (χ3n) is 16.2. The summed E-state index contributed by atoms with van der Waals surface area (Å²) >= 11 is 0. The molecule has 0 bridgehead atoms. The second-order valence-corrected chi connectivity index (χ2v) is 23.8. The van der Waals surface area contributed by atoms with Crippen molar-refractivity contribution in [2.24, 2.45) is 0 Å². The Morgan fingerprint density at radius 2 is 0.929 bits per heavy atom. The summed E-state index contributed by atoms with van der Waals surface area (Å²) in [6, 6.07) is 54.7. The Hall–Kier alpha value is -8.34. The monoisotopic (exact) mass is 1360 g/mol. The molecule has 6 aromatic rings. The first-order chi connectivity index (χ1) is 47.4. The lowest BCUT2D eigenvalue weighted by Crippen LogP contribution is -2.72. The van der Waals surface area contributed by atoms with Gasteiger partial charge in [0.25, 0.3) is 5.79 Å². The number of esters is 5. The number of ether oxygens (including phenoxy) is 16. The maximum atomic E-state index is 15.3. The molecule has 1 unspecified atom stereocenters. The molecule has 0 aliphatic carbocycles. The Balaban J connectivity index is 1.21. The third kappa shape index (κ3) is 21.3. The van der Waals surface area contributed by atoms with Crippen LogP contribution >= 0.6 is 0 Å². The first-order valence-electron chi connectivity index (χ1n) is 32.3. The summed E-state index contributed by atoms with van der Waals surface area (Å²) in [5, 5.41) is 15.9. The van der Waals surface area contributed by atoms with Gasteiger partial charge < -0.3 is 86.2 Å². The predicted molar refractivity (Wildman–Crippen MR) is 347 cm³/mol. The highest BCUT2D eigenvalue weighted by Gasteiger charge is 2.63. The van der Waals surface area contributed by atoms with Gasteiger partial charge in [0.2, 0.25) is 5.91 Å². The van der Waals surface area contributed by atoms with E-state index in [1.54, 1.807) is 24.3 Å². The fourth-order valence-electron chi connectivity index (χ4n) is 11.8. The van der Waals surface area contributed by atoms with Gasteiger partial charge in [-0.05, 0) is 33.4 Å². The van der Waals surface area contributed by atoms with Crippen molar-refractivity contribution >= 4 is 35.8 Å². The number of benzene rings is 6. The highest BCUT2D eigenvalue weighted by molar-refractivity contribution is 5.79. The average molecular weight is 1360 g/mol. The number of aliphatic hydroxyl groups is 1. The van der Waals surface area contributed by atoms with Gasteiger partial charge in [0.15, 0.2) is 24.8 Å². The van der Waals surface area contributed by atoms with Crippen LogP contribution in [0.15, 0.2) is 182 Å². The summed E-state index contributed by atoms with van der Waals surface area (Å²) in [6.45, 7) is 4.13. The van der Waals surface area contributed by atoms with E-state index in [4.69, 9.17) is 75.8 Å². The van der Waals surface area contributed by atoms with Crippen LogP contribution < -0.4 is 5.32 Å². The molecular weight excluding hydrogens is 1270 g/mol. The van der Waals surface area contributed by atoms with E-state index >= 15 is 4.79 Å². The average Bonchev–Trinajstić information content (AvgIpc) is 0.730. The van der Waals surface area contributed by atoms with Crippen molar-refractivity contribution in [1.29, 1.82) is 0 Å². The molecule has 3 saturated heterocycles. The Kier molecular flexibility index (Phi) is 27.9. The molecule has 2 N–H and O–H groups in total. The van der Waals surface area contributed by atoms with E-state index < -0.39 is 146 Å². The molecule has 9 rings (SSSR count). The first kappa shape index (κ1) is 73.9. The minimum Gasteiger partial charge on any atom is -0.465 e. The van der Waals surface area contributed by atoms with E-state index in [9.17, 15) is 29.1 Å². The Morgan fingerprint density at radius 3 is 1.37 bits per heavy atom. The van der Waals surface area contributed by atoms with E-state index in [0.717, 1.165) is 69.5 Å². The molecule has 24 heteroatoms. The number of carbonyl (C=O) groups is 6. The lowest BCUT2D eigenvalue weighted by Gasteiger charge is -2.52. The SMILES string of the molecule is COC(=O)C1(O[C@H]2[C@@H](O)[C@@H](COCc3ccccc3)O[C@@H](O[C@H]3[C@H](OCc4ccccc4)[C@@H](OCc4ccccc4)[C@H](OCc4ccccc4)O[C@@H]3COCc3ccccc3)[C@@H]2OCc2ccccc2)C[C@H](OC(C)=O)[C@@H](NC(C)=O)[C@H]([C@H](OC(C)=O)[C@@H](COC(C)=O)OC(C)=O)O1. The van der Waals surface area contributed by atoms with Gasteiger partial charge in [-0.15, -0.1) is 0 Å². The molecule has 16 atom stereocenters. The lowest BCUT2D eigenvalue weighted by atomic mass is 9.87. The van der Waals surface area contributed by atoms with Crippen molar-refractivity contribution < 1.29 is 110 Å². The number of hydrogen-bond acceptors (Lipinski definition) is 23. The summed E-state index contributed by atoms with van der Waals surface area (Å²) in [5.41, 5.74) is 4.68. The van der Waals surface area contributed by atoms with Gasteiger partial charge in [-0.1, -0.05) is 182 Å². The highest BCUT2D eigenvalue weighted by atomic mass is 16.8. The fraction of sp³-hybridized carbons (Fsp3) is 0.432. The zero-order chi connectivity index (χ0) is 69.4. The van der Waals surface area contributed by atoms with Crippen LogP contribution in [-0.4, -0.2) is 165 Å². The van der Waals surface area contributed by atoms with Crippen LogP contribution in [0.1, 0.15) is 74.4 Å². The van der Waals surface area contributed by atoms with Crippen LogP contribution in [-0.2, 0) is 144 Å².